The number of fused-ring (bicyclic) bond motifs is 1. The van der Waals surface area contributed by atoms with Gasteiger partial charge in [0.15, 0.2) is 10.9 Å². The fourth-order valence-electron chi connectivity index (χ4n) is 2.67. The predicted octanol–water partition coefficient (Wildman–Crippen LogP) is 4.47. The molecule has 0 saturated carbocycles. The Labute approximate surface area is 173 Å². The van der Waals surface area contributed by atoms with Gasteiger partial charge in [0.05, 0.1) is 11.1 Å². The molecule has 0 fully saturated rings. The molecule has 0 saturated heterocycles. The molecular weight excluding hydrogens is 414 g/mol. The summed E-state index contributed by atoms with van der Waals surface area (Å²) in [4.78, 5) is 31.1. The first-order chi connectivity index (χ1) is 13.5. The number of Topliss-reactive ketones (excluding diaryl/α,β-unsaturated/α-hetero) is 1. The van der Waals surface area contributed by atoms with Crippen molar-refractivity contribution in [3.8, 4) is 10.4 Å². The Kier molecular flexibility index (Phi) is 5.21. The molecule has 0 aliphatic heterocycles. The molecule has 140 valence electrons. The molecule has 2 aromatic heterocycles. The molecule has 0 aliphatic rings. The maximum Gasteiger partial charge on any atom is 0.281 e. The minimum atomic E-state index is -0.329. The van der Waals surface area contributed by atoms with E-state index >= 15 is 0 Å². The van der Waals surface area contributed by atoms with Crippen LogP contribution in [0.3, 0.4) is 0 Å². The van der Waals surface area contributed by atoms with E-state index in [0.717, 1.165) is 26.9 Å². The molecule has 4 aromatic rings. The molecule has 8 heteroatoms. The minimum absolute atomic E-state index is 0.0906. The largest absolute Gasteiger partial charge is 0.334 e. The first-order valence-electron chi connectivity index (χ1n) is 8.31. The summed E-state index contributed by atoms with van der Waals surface area (Å²) in [6, 6.07) is 18.3. The van der Waals surface area contributed by atoms with Gasteiger partial charge in [-0.3, -0.25) is 9.59 Å². The summed E-state index contributed by atoms with van der Waals surface area (Å²) in [7, 11) is 0. The van der Waals surface area contributed by atoms with Crippen LogP contribution in [0.1, 0.15) is 10.4 Å². The highest BCUT2D eigenvalue weighted by Crippen LogP contribution is 2.31. The number of ketones is 1. The highest BCUT2D eigenvalue weighted by atomic mass is 35.5. The fourth-order valence-corrected chi connectivity index (χ4v) is 4.69. The molecule has 2 N–H and O–H groups in total. The van der Waals surface area contributed by atoms with E-state index in [2.05, 4.69) is 4.98 Å². The molecule has 0 spiro atoms. The molecule has 2 heterocycles. The van der Waals surface area contributed by atoms with Crippen LogP contribution in [0.15, 0.2) is 70.6 Å². The van der Waals surface area contributed by atoms with Crippen LogP contribution in [0.25, 0.3) is 20.7 Å². The number of thiophene rings is 1. The lowest BCUT2D eigenvalue weighted by atomic mass is 10.1. The van der Waals surface area contributed by atoms with E-state index in [1.54, 1.807) is 30.3 Å². The van der Waals surface area contributed by atoms with Gasteiger partial charge in [0.25, 0.3) is 5.56 Å². The molecule has 0 radical (unpaired) electrons. The highest BCUT2D eigenvalue weighted by Gasteiger charge is 2.15. The van der Waals surface area contributed by atoms with E-state index in [1.807, 2.05) is 30.3 Å². The molecule has 2 aromatic carbocycles. The Hall–Kier alpha value is -2.61. The van der Waals surface area contributed by atoms with E-state index in [-0.39, 0.29) is 17.1 Å². The Bertz CT molecular complexity index is 1220. The van der Waals surface area contributed by atoms with E-state index in [9.17, 15) is 9.59 Å². The Morgan fingerprint density at radius 2 is 1.86 bits per heavy atom. The second kappa shape index (κ2) is 7.79. The first kappa shape index (κ1) is 18.7. The van der Waals surface area contributed by atoms with Crippen LogP contribution in [0.2, 0.25) is 5.02 Å². The maximum absolute atomic E-state index is 12.6. The molecule has 0 atom stereocenters. The SMILES string of the molecule is Nn1c(SCC(=O)c2ccc(Cl)cc2)nc2sc(-c3ccccc3)cc2c1=O. The molecule has 0 amide bonds. The summed E-state index contributed by atoms with van der Waals surface area (Å²) in [5.41, 5.74) is 1.23. The van der Waals surface area contributed by atoms with Crippen molar-refractivity contribution in [2.45, 2.75) is 5.16 Å². The maximum atomic E-state index is 12.6. The van der Waals surface area contributed by atoms with Gasteiger partial charge >= 0.3 is 0 Å². The van der Waals surface area contributed by atoms with E-state index in [1.165, 1.54) is 11.3 Å². The van der Waals surface area contributed by atoms with Crippen molar-refractivity contribution < 1.29 is 4.79 Å². The summed E-state index contributed by atoms with van der Waals surface area (Å²) < 4.78 is 1.00. The lowest BCUT2D eigenvalue weighted by Crippen LogP contribution is -2.29. The Balaban J connectivity index is 1.62. The summed E-state index contributed by atoms with van der Waals surface area (Å²) in [6.07, 6.45) is 0. The van der Waals surface area contributed by atoms with E-state index < -0.39 is 0 Å². The van der Waals surface area contributed by atoms with Crippen molar-refractivity contribution in [2.75, 3.05) is 11.6 Å². The number of nitrogens with two attached hydrogens (primary N) is 1. The Morgan fingerprint density at radius 1 is 1.14 bits per heavy atom. The summed E-state index contributed by atoms with van der Waals surface area (Å²) in [5.74, 6) is 5.97. The second-order valence-electron chi connectivity index (χ2n) is 5.98. The zero-order chi connectivity index (χ0) is 19.7. The average Bonchev–Trinajstić information content (AvgIpc) is 3.15. The molecule has 0 unspecified atom stereocenters. The van der Waals surface area contributed by atoms with Crippen LogP contribution in [0, 0.1) is 0 Å². The lowest BCUT2D eigenvalue weighted by molar-refractivity contribution is 0.102. The third-order valence-corrected chi connectivity index (χ3v) is 6.40. The molecule has 0 bridgehead atoms. The summed E-state index contributed by atoms with van der Waals surface area (Å²) in [6.45, 7) is 0. The van der Waals surface area contributed by atoms with Gasteiger partial charge in [0.1, 0.15) is 4.83 Å². The number of benzene rings is 2. The van der Waals surface area contributed by atoms with Crippen LogP contribution in [-0.4, -0.2) is 21.2 Å². The average molecular weight is 428 g/mol. The number of nitrogens with zero attached hydrogens (tertiary/aromatic N) is 2. The zero-order valence-electron chi connectivity index (χ0n) is 14.5. The monoisotopic (exact) mass is 427 g/mol. The lowest BCUT2D eigenvalue weighted by Gasteiger charge is -2.06. The van der Waals surface area contributed by atoms with Gasteiger partial charge < -0.3 is 5.84 Å². The molecule has 0 aliphatic carbocycles. The van der Waals surface area contributed by atoms with Crippen LogP contribution >= 0.6 is 34.7 Å². The number of aromatic nitrogens is 2. The third kappa shape index (κ3) is 3.69. The van der Waals surface area contributed by atoms with Gasteiger partial charge in [-0.25, -0.2) is 9.66 Å². The fraction of sp³-hybridized carbons (Fsp3) is 0.0500. The summed E-state index contributed by atoms with van der Waals surface area (Å²) >= 11 is 8.42. The van der Waals surface area contributed by atoms with Crippen molar-refractivity contribution >= 4 is 50.7 Å². The summed E-state index contributed by atoms with van der Waals surface area (Å²) in [5, 5.41) is 1.35. The standard InChI is InChI=1S/C20H14ClN3O2S2/c21-14-8-6-12(7-9-14)16(25)11-27-20-23-18-15(19(26)24(20)22)10-17(28-18)13-4-2-1-3-5-13/h1-10H,11,22H2. The van der Waals surface area contributed by atoms with E-state index in [4.69, 9.17) is 17.4 Å². The molecular formula is C20H14ClN3O2S2. The van der Waals surface area contributed by atoms with Crippen molar-refractivity contribution in [3.05, 3.63) is 81.6 Å². The van der Waals surface area contributed by atoms with Crippen LogP contribution in [0.5, 0.6) is 0 Å². The van der Waals surface area contributed by atoms with Crippen molar-refractivity contribution in [1.29, 1.82) is 0 Å². The van der Waals surface area contributed by atoms with Gasteiger partial charge in [-0.15, -0.1) is 11.3 Å². The highest BCUT2D eigenvalue weighted by molar-refractivity contribution is 7.99. The first-order valence-corrected chi connectivity index (χ1v) is 10.5. The van der Waals surface area contributed by atoms with Gasteiger partial charge in [-0.1, -0.05) is 53.7 Å². The molecule has 28 heavy (non-hydrogen) atoms. The number of nitrogen functional groups attached to an aromatic ring is 1. The third-order valence-electron chi connectivity index (χ3n) is 4.12. The van der Waals surface area contributed by atoms with Gasteiger partial charge in [-0.2, -0.15) is 0 Å². The smallest absolute Gasteiger partial charge is 0.281 e. The number of rotatable bonds is 5. The second-order valence-corrected chi connectivity index (χ2v) is 8.39. The quantitative estimate of drug-likeness (QED) is 0.220. The topological polar surface area (TPSA) is 78.0 Å². The van der Waals surface area contributed by atoms with Crippen molar-refractivity contribution in [2.24, 2.45) is 0 Å². The number of carbonyl (C=O) groups is 1. The normalized spacial score (nSPS) is 11.0. The van der Waals surface area contributed by atoms with Gasteiger partial charge in [-0.05, 0) is 35.9 Å². The van der Waals surface area contributed by atoms with Crippen LogP contribution in [-0.2, 0) is 0 Å². The minimum Gasteiger partial charge on any atom is -0.334 e. The molecule has 4 rings (SSSR count). The van der Waals surface area contributed by atoms with Gasteiger partial charge in [0, 0.05) is 15.5 Å². The van der Waals surface area contributed by atoms with Crippen LogP contribution in [0.4, 0.5) is 0 Å². The number of carbonyl (C=O) groups excluding carboxylic acids is 1. The Morgan fingerprint density at radius 3 is 2.57 bits per heavy atom. The predicted molar refractivity (Wildman–Crippen MR) is 116 cm³/mol. The zero-order valence-corrected chi connectivity index (χ0v) is 16.9. The number of halogens is 1. The van der Waals surface area contributed by atoms with Gasteiger partial charge in [0.2, 0.25) is 0 Å². The van der Waals surface area contributed by atoms with Crippen molar-refractivity contribution in [3.63, 3.8) is 0 Å². The number of hydrogen-bond acceptors (Lipinski definition) is 6. The molecule has 5 nitrogen and oxygen atoms in total. The number of thioether (sulfide) groups is 1. The van der Waals surface area contributed by atoms with Crippen LogP contribution < -0.4 is 11.4 Å². The van der Waals surface area contributed by atoms with E-state index in [0.29, 0.717) is 26.0 Å². The number of hydrogen-bond donors (Lipinski definition) is 1. The van der Waals surface area contributed by atoms with Crippen molar-refractivity contribution in [1.82, 2.24) is 9.66 Å².